The SMILES string of the molecule is CN=C(NCCCOC1CCN(Cc2ccccc2)CC1)NCc1ccccc1F.I. The van der Waals surface area contributed by atoms with Gasteiger partial charge in [-0.25, -0.2) is 4.39 Å². The number of rotatable bonds is 9. The molecule has 170 valence electrons. The minimum atomic E-state index is -0.205. The third kappa shape index (κ3) is 9.13. The summed E-state index contributed by atoms with van der Waals surface area (Å²) in [7, 11) is 1.72. The van der Waals surface area contributed by atoms with Crippen molar-refractivity contribution in [1.29, 1.82) is 0 Å². The number of halogens is 2. The standard InChI is InChI=1S/C24H33FN4O.HI/c1-26-24(28-18-21-10-5-6-11-23(21)25)27-14-7-17-30-22-12-15-29(16-13-22)19-20-8-3-2-4-9-20;/h2-6,8-11,22H,7,12-19H2,1H3,(H2,26,27,28);1H. The summed E-state index contributed by atoms with van der Waals surface area (Å²) < 4.78 is 19.8. The summed E-state index contributed by atoms with van der Waals surface area (Å²) in [4.78, 5) is 6.69. The highest BCUT2D eigenvalue weighted by molar-refractivity contribution is 14.0. The van der Waals surface area contributed by atoms with Crippen molar-refractivity contribution in [1.82, 2.24) is 15.5 Å². The average molecular weight is 540 g/mol. The first-order valence-corrected chi connectivity index (χ1v) is 10.8. The fourth-order valence-electron chi connectivity index (χ4n) is 3.65. The molecular weight excluding hydrogens is 506 g/mol. The zero-order chi connectivity index (χ0) is 21.0. The minimum Gasteiger partial charge on any atom is -0.378 e. The van der Waals surface area contributed by atoms with Crippen molar-refractivity contribution in [2.24, 2.45) is 4.99 Å². The van der Waals surface area contributed by atoms with Gasteiger partial charge in [0.15, 0.2) is 5.96 Å². The number of piperidine rings is 1. The number of guanidine groups is 1. The van der Waals surface area contributed by atoms with Gasteiger partial charge in [0.2, 0.25) is 0 Å². The number of nitrogens with one attached hydrogen (secondary N) is 2. The first-order chi connectivity index (χ1) is 14.7. The Morgan fingerprint density at radius 2 is 1.77 bits per heavy atom. The van der Waals surface area contributed by atoms with Gasteiger partial charge in [0.05, 0.1) is 6.10 Å². The zero-order valence-electron chi connectivity index (χ0n) is 18.2. The predicted octanol–water partition coefficient (Wildman–Crippen LogP) is 4.18. The number of benzene rings is 2. The predicted molar refractivity (Wildman–Crippen MR) is 135 cm³/mol. The molecule has 5 nitrogen and oxygen atoms in total. The van der Waals surface area contributed by atoms with Crippen LogP contribution >= 0.6 is 24.0 Å². The molecule has 3 rings (SSSR count). The average Bonchev–Trinajstić information content (AvgIpc) is 2.78. The minimum absolute atomic E-state index is 0. The smallest absolute Gasteiger partial charge is 0.191 e. The third-order valence-electron chi connectivity index (χ3n) is 5.38. The monoisotopic (exact) mass is 540 g/mol. The van der Waals surface area contributed by atoms with E-state index in [0.717, 1.165) is 52.0 Å². The summed E-state index contributed by atoms with van der Waals surface area (Å²) in [6, 6.07) is 17.4. The van der Waals surface area contributed by atoms with Crippen LogP contribution in [0.1, 0.15) is 30.4 Å². The lowest BCUT2D eigenvalue weighted by atomic mass is 10.1. The molecule has 2 aromatic carbocycles. The van der Waals surface area contributed by atoms with Gasteiger partial charge in [-0.05, 0) is 30.9 Å². The molecule has 0 radical (unpaired) electrons. The van der Waals surface area contributed by atoms with Crippen molar-refractivity contribution in [2.75, 3.05) is 33.3 Å². The summed E-state index contributed by atoms with van der Waals surface area (Å²) in [5.74, 6) is 0.469. The fraction of sp³-hybridized carbons (Fsp3) is 0.458. The lowest BCUT2D eigenvalue weighted by Gasteiger charge is -2.32. The second-order valence-corrected chi connectivity index (χ2v) is 7.63. The molecule has 2 N–H and O–H groups in total. The van der Waals surface area contributed by atoms with Crippen molar-refractivity contribution in [3.05, 3.63) is 71.5 Å². The molecule has 31 heavy (non-hydrogen) atoms. The maximum absolute atomic E-state index is 13.7. The molecule has 7 heteroatoms. The Morgan fingerprint density at radius 3 is 2.48 bits per heavy atom. The molecule has 0 bridgehead atoms. The van der Waals surface area contributed by atoms with Crippen molar-refractivity contribution in [3.63, 3.8) is 0 Å². The molecule has 0 spiro atoms. The van der Waals surface area contributed by atoms with E-state index in [2.05, 4.69) is 50.9 Å². The van der Waals surface area contributed by atoms with Gasteiger partial charge in [-0.2, -0.15) is 0 Å². The normalized spacial score (nSPS) is 15.4. The van der Waals surface area contributed by atoms with Crippen LogP contribution in [0.3, 0.4) is 0 Å². The highest BCUT2D eigenvalue weighted by atomic mass is 127. The van der Waals surface area contributed by atoms with E-state index in [1.165, 1.54) is 11.6 Å². The Hall–Kier alpha value is -1.71. The van der Waals surface area contributed by atoms with E-state index < -0.39 is 0 Å². The van der Waals surface area contributed by atoms with Crippen LogP contribution in [0.2, 0.25) is 0 Å². The molecule has 2 aromatic rings. The molecule has 1 fully saturated rings. The largest absolute Gasteiger partial charge is 0.378 e. The second-order valence-electron chi connectivity index (χ2n) is 7.63. The molecule has 1 heterocycles. The Labute approximate surface area is 202 Å². The molecule has 0 amide bonds. The summed E-state index contributed by atoms with van der Waals surface area (Å²) in [5.41, 5.74) is 2.00. The van der Waals surface area contributed by atoms with Crippen LogP contribution in [0, 0.1) is 5.82 Å². The molecule has 1 saturated heterocycles. The Kier molecular flexibility index (Phi) is 11.8. The molecule has 1 aliphatic heterocycles. The number of nitrogens with zero attached hydrogens (tertiary/aromatic N) is 2. The van der Waals surface area contributed by atoms with Crippen LogP contribution in [0.25, 0.3) is 0 Å². The van der Waals surface area contributed by atoms with Gasteiger partial charge >= 0.3 is 0 Å². The third-order valence-corrected chi connectivity index (χ3v) is 5.38. The van der Waals surface area contributed by atoms with Crippen molar-refractivity contribution in [3.8, 4) is 0 Å². The van der Waals surface area contributed by atoms with Gasteiger partial charge in [-0.3, -0.25) is 9.89 Å². The Bertz CT molecular complexity index is 782. The van der Waals surface area contributed by atoms with E-state index in [0.29, 0.717) is 24.2 Å². The topological polar surface area (TPSA) is 48.9 Å². The Balaban J connectivity index is 0.00000341. The van der Waals surface area contributed by atoms with Crippen LogP contribution in [0.5, 0.6) is 0 Å². The first kappa shape index (κ1) is 25.5. The van der Waals surface area contributed by atoms with Crippen LogP contribution in [0.4, 0.5) is 4.39 Å². The van der Waals surface area contributed by atoms with Gasteiger partial charge < -0.3 is 15.4 Å². The van der Waals surface area contributed by atoms with E-state index in [4.69, 9.17) is 4.74 Å². The highest BCUT2D eigenvalue weighted by Crippen LogP contribution is 2.16. The number of ether oxygens (including phenoxy) is 1. The Morgan fingerprint density at radius 1 is 1.06 bits per heavy atom. The highest BCUT2D eigenvalue weighted by Gasteiger charge is 2.19. The lowest BCUT2D eigenvalue weighted by molar-refractivity contribution is 0.00534. The molecule has 1 aliphatic rings. The number of hydrogen-bond donors (Lipinski definition) is 2. The van der Waals surface area contributed by atoms with E-state index in [1.54, 1.807) is 19.2 Å². The maximum Gasteiger partial charge on any atom is 0.191 e. The van der Waals surface area contributed by atoms with Gasteiger partial charge in [-0.15, -0.1) is 24.0 Å². The van der Waals surface area contributed by atoms with E-state index in [-0.39, 0.29) is 29.8 Å². The molecule has 0 atom stereocenters. The summed E-state index contributed by atoms with van der Waals surface area (Å²) in [6.07, 6.45) is 3.44. The van der Waals surface area contributed by atoms with Gasteiger partial charge in [-0.1, -0.05) is 48.5 Å². The van der Waals surface area contributed by atoms with Gasteiger partial charge in [0, 0.05) is 51.9 Å². The quantitative estimate of drug-likeness (QED) is 0.217. The van der Waals surface area contributed by atoms with Crippen LogP contribution < -0.4 is 10.6 Å². The second kappa shape index (κ2) is 14.4. The van der Waals surface area contributed by atoms with Crippen molar-refractivity contribution < 1.29 is 9.13 Å². The van der Waals surface area contributed by atoms with E-state index >= 15 is 0 Å². The van der Waals surface area contributed by atoms with E-state index in [1.807, 2.05) is 6.07 Å². The number of hydrogen-bond acceptors (Lipinski definition) is 3. The summed E-state index contributed by atoms with van der Waals surface area (Å²) in [5, 5.41) is 6.40. The summed E-state index contributed by atoms with van der Waals surface area (Å²) >= 11 is 0. The van der Waals surface area contributed by atoms with Crippen LogP contribution in [-0.2, 0) is 17.8 Å². The number of likely N-dealkylation sites (tertiary alicyclic amines) is 1. The fourth-order valence-corrected chi connectivity index (χ4v) is 3.65. The summed E-state index contributed by atoms with van der Waals surface area (Å²) in [6.45, 7) is 5.11. The van der Waals surface area contributed by atoms with Crippen LogP contribution in [-0.4, -0.2) is 50.3 Å². The van der Waals surface area contributed by atoms with Gasteiger partial charge in [0.25, 0.3) is 0 Å². The maximum atomic E-state index is 13.7. The van der Waals surface area contributed by atoms with Gasteiger partial charge in [0.1, 0.15) is 5.82 Å². The lowest BCUT2D eigenvalue weighted by Crippen LogP contribution is -2.38. The molecule has 0 saturated carbocycles. The number of aliphatic imine (C=N–C) groups is 1. The molecule has 0 aliphatic carbocycles. The van der Waals surface area contributed by atoms with Crippen molar-refractivity contribution in [2.45, 2.75) is 38.5 Å². The van der Waals surface area contributed by atoms with Crippen molar-refractivity contribution >= 4 is 29.9 Å². The molecular formula is C24H34FIN4O. The first-order valence-electron chi connectivity index (χ1n) is 10.8. The van der Waals surface area contributed by atoms with E-state index in [9.17, 15) is 4.39 Å². The zero-order valence-corrected chi connectivity index (χ0v) is 20.6. The molecule has 0 unspecified atom stereocenters. The van der Waals surface area contributed by atoms with Crippen LogP contribution in [0.15, 0.2) is 59.6 Å². The molecule has 0 aromatic heterocycles.